The Morgan fingerprint density at radius 1 is 0.397 bits per heavy atom. The molecule has 0 aliphatic heterocycles. The summed E-state index contributed by atoms with van der Waals surface area (Å²) in [6.07, 6.45) is 14.6. The Hall–Kier alpha value is -6.86. The number of hydrogen-bond acceptors (Lipinski definition) is 2. The second kappa shape index (κ2) is 16.7. The molecule has 0 N–H and O–H groups in total. The van der Waals surface area contributed by atoms with Crippen LogP contribution >= 0.6 is 0 Å². The highest BCUT2D eigenvalue weighted by molar-refractivity contribution is 5.79. The van der Waals surface area contributed by atoms with Crippen molar-refractivity contribution in [1.29, 1.82) is 0 Å². The standard InChI is InChI=1S/C56H48N2/c1-43-15-14-22-51(32-23-43)58(53-35-26-47(27-36-53)45-18-8-3-9-19-45)55-39-30-49(31-40-55)56(41-12-5-13-42-56)48-28-37-54(38-29-48)57(50-20-10-4-11-21-50)52-33-24-46(25-34-52)44-16-6-2-7-17-44/h2-4,6-11,14,16-40H,5,12-13,41-42H2,1H3. The van der Waals surface area contributed by atoms with Crippen LogP contribution in [0.1, 0.15) is 50.2 Å². The number of benzene rings is 7. The first-order valence-corrected chi connectivity index (χ1v) is 20.6. The SMILES string of the molecule is CC1=C=CC=C(N(c2ccc(-c3ccccc3)cc2)c2ccc(C3(c4ccc(N(c5ccccc5)c5ccc(-c6ccccc6)cc5)cc4)CCCCC3)cc2)C=C1. The predicted octanol–water partition coefficient (Wildman–Crippen LogP) is 15.4. The van der Waals surface area contributed by atoms with Gasteiger partial charge in [0.25, 0.3) is 0 Å². The van der Waals surface area contributed by atoms with Crippen LogP contribution in [0, 0.1) is 0 Å². The zero-order valence-electron chi connectivity index (χ0n) is 33.1. The molecule has 2 heteroatoms. The van der Waals surface area contributed by atoms with E-state index in [9.17, 15) is 0 Å². The number of rotatable bonds is 10. The minimum Gasteiger partial charge on any atom is -0.311 e. The van der Waals surface area contributed by atoms with Crippen molar-refractivity contribution in [3.8, 4) is 22.3 Å². The van der Waals surface area contributed by atoms with E-state index >= 15 is 0 Å². The normalized spacial score (nSPS) is 14.6. The van der Waals surface area contributed by atoms with Crippen molar-refractivity contribution in [2.24, 2.45) is 0 Å². The summed E-state index contributed by atoms with van der Waals surface area (Å²) >= 11 is 0. The summed E-state index contributed by atoms with van der Waals surface area (Å²) in [7, 11) is 0. The van der Waals surface area contributed by atoms with Crippen molar-refractivity contribution < 1.29 is 0 Å². The summed E-state index contributed by atoms with van der Waals surface area (Å²) in [5, 5.41) is 0. The van der Waals surface area contributed by atoms with Crippen molar-refractivity contribution in [3.05, 3.63) is 240 Å². The van der Waals surface area contributed by atoms with Gasteiger partial charge in [0.15, 0.2) is 0 Å². The number of nitrogens with zero attached hydrogens (tertiary/aromatic N) is 2. The fraction of sp³-hybridized carbons (Fsp3) is 0.125. The summed E-state index contributed by atoms with van der Waals surface area (Å²) < 4.78 is 0. The maximum atomic E-state index is 3.37. The second-order valence-electron chi connectivity index (χ2n) is 15.5. The molecule has 58 heavy (non-hydrogen) atoms. The van der Waals surface area contributed by atoms with Crippen LogP contribution in [-0.4, -0.2) is 0 Å². The predicted molar refractivity (Wildman–Crippen MR) is 245 cm³/mol. The molecule has 0 amide bonds. The Morgan fingerprint density at radius 3 is 1.28 bits per heavy atom. The number of allylic oxidation sites excluding steroid dienone is 4. The Kier molecular flexibility index (Phi) is 10.6. The molecule has 7 aromatic rings. The van der Waals surface area contributed by atoms with Gasteiger partial charge in [0, 0.05) is 39.5 Å². The van der Waals surface area contributed by atoms with Crippen molar-refractivity contribution in [1.82, 2.24) is 0 Å². The summed E-state index contributed by atoms with van der Waals surface area (Å²) in [5.74, 6) is 0. The molecule has 282 valence electrons. The lowest BCUT2D eigenvalue weighted by molar-refractivity contribution is 0.346. The molecule has 0 heterocycles. The Balaban J connectivity index is 1.05. The van der Waals surface area contributed by atoms with Crippen LogP contribution in [-0.2, 0) is 5.41 Å². The fourth-order valence-corrected chi connectivity index (χ4v) is 8.82. The summed E-state index contributed by atoms with van der Waals surface area (Å²) in [6, 6.07) is 68.6. The second-order valence-corrected chi connectivity index (χ2v) is 15.5. The average Bonchev–Trinajstić information content (AvgIpc) is 3.52. The number of hydrogen-bond donors (Lipinski definition) is 0. The smallest absolute Gasteiger partial charge is 0.0468 e. The Labute approximate surface area is 344 Å². The Morgan fingerprint density at radius 2 is 0.793 bits per heavy atom. The third kappa shape index (κ3) is 7.63. The van der Waals surface area contributed by atoms with Crippen molar-refractivity contribution in [3.63, 3.8) is 0 Å². The molecule has 1 fully saturated rings. The molecule has 7 aromatic carbocycles. The first kappa shape index (κ1) is 36.8. The largest absolute Gasteiger partial charge is 0.311 e. The van der Waals surface area contributed by atoms with Crippen molar-refractivity contribution in [2.45, 2.75) is 44.4 Å². The van der Waals surface area contributed by atoms with Gasteiger partial charge in [-0.1, -0.05) is 147 Å². The van der Waals surface area contributed by atoms with Gasteiger partial charge in [-0.05, 0) is 144 Å². The number of anilines is 5. The highest BCUT2D eigenvalue weighted by atomic mass is 15.1. The maximum Gasteiger partial charge on any atom is 0.0468 e. The molecular formula is C56H48N2. The molecule has 9 rings (SSSR count). The van der Waals surface area contributed by atoms with Gasteiger partial charge in [-0.15, -0.1) is 5.73 Å². The first-order valence-electron chi connectivity index (χ1n) is 20.6. The van der Waals surface area contributed by atoms with Crippen molar-refractivity contribution >= 4 is 28.4 Å². The summed E-state index contributed by atoms with van der Waals surface area (Å²) in [4.78, 5) is 4.73. The van der Waals surface area contributed by atoms with Crippen LogP contribution in [0.4, 0.5) is 28.4 Å². The molecule has 0 atom stereocenters. The highest BCUT2D eigenvalue weighted by Crippen LogP contribution is 2.47. The van der Waals surface area contributed by atoms with E-state index < -0.39 is 0 Å². The summed E-state index contributed by atoms with van der Waals surface area (Å²) in [5.41, 5.74) is 18.9. The molecule has 0 aromatic heterocycles. The van der Waals surface area contributed by atoms with E-state index in [1.165, 1.54) is 52.6 Å². The molecule has 2 nitrogen and oxygen atoms in total. The van der Waals surface area contributed by atoms with Gasteiger partial charge in [-0.2, -0.15) is 0 Å². The third-order valence-corrected chi connectivity index (χ3v) is 11.9. The average molecular weight is 749 g/mol. The van der Waals surface area contributed by atoms with E-state index in [0.717, 1.165) is 52.5 Å². The van der Waals surface area contributed by atoms with Gasteiger partial charge in [-0.25, -0.2) is 0 Å². The van der Waals surface area contributed by atoms with E-state index in [1.54, 1.807) is 0 Å². The minimum atomic E-state index is -0.0440. The molecule has 0 radical (unpaired) electrons. The van der Waals surface area contributed by atoms with E-state index in [2.05, 4.69) is 229 Å². The van der Waals surface area contributed by atoms with Crippen LogP contribution < -0.4 is 9.80 Å². The van der Waals surface area contributed by atoms with Gasteiger partial charge in [0.1, 0.15) is 0 Å². The van der Waals surface area contributed by atoms with Crippen molar-refractivity contribution in [2.75, 3.05) is 9.80 Å². The van der Waals surface area contributed by atoms with E-state index in [-0.39, 0.29) is 5.41 Å². The quantitative estimate of drug-likeness (QED) is 0.129. The molecule has 0 unspecified atom stereocenters. The van der Waals surface area contributed by atoms with Crippen LogP contribution in [0.15, 0.2) is 229 Å². The maximum absolute atomic E-state index is 3.37. The van der Waals surface area contributed by atoms with Gasteiger partial charge < -0.3 is 9.80 Å². The van der Waals surface area contributed by atoms with Gasteiger partial charge in [0.05, 0.1) is 0 Å². The third-order valence-electron chi connectivity index (χ3n) is 11.9. The lowest BCUT2D eigenvalue weighted by Crippen LogP contribution is -2.30. The summed E-state index contributed by atoms with van der Waals surface area (Å²) in [6.45, 7) is 2.09. The van der Waals surface area contributed by atoms with E-state index in [0.29, 0.717) is 0 Å². The lowest BCUT2D eigenvalue weighted by atomic mass is 9.65. The molecule has 2 aliphatic rings. The monoisotopic (exact) mass is 748 g/mol. The van der Waals surface area contributed by atoms with Gasteiger partial charge >= 0.3 is 0 Å². The van der Waals surface area contributed by atoms with E-state index in [4.69, 9.17) is 0 Å². The first-order chi connectivity index (χ1) is 28.6. The van der Waals surface area contributed by atoms with Gasteiger partial charge in [0.2, 0.25) is 0 Å². The zero-order valence-corrected chi connectivity index (χ0v) is 33.1. The van der Waals surface area contributed by atoms with Gasteiger partial charge in [-0.3, -0.25) is 0 Å². The molecule has 0 saturated heterocycles. The minimum absolute atomic E-state index is 0.0440. The molecule has 0 bridgehead atoms. The number of para-hydroxylation sites is 1. The Bertz CT molecular complexity index is 2570. The van der Waals surface area contributed by atoms with Crippen LogP contribution in [0.5, 0.6) is 0 Å². The zero-order chi connectivity index (χ0) is 39.2. The van der Waals surface area contributed by atoms with E-state index in [1.807, 2.05) is 6.08 Å². The highest BCUT2D eigenvalue weighted by Gasteiger charge is 2.36. The van der Waals surface area contributed by atoms with Crippen LogP contribution in [0.25, 0.3) is 22.3 Å². The lowest BCUT2D eigenvalue weighted by Gasteiger charge is -2.39. The molecule has 2 aliphatic carbocycles. The molecule has 0 spiro atoms. The molecule has 1 saturated carbocycles. The fourth-order valence-electron chi connectivity index (χ4n) is 8.82. The van der Waals surface area contributed by atoms with Crippen LogP contribution in [0.2, 0.25) is 0 Å². The van der Waals surface area contributed by atoms with Crippen LogP contribution in [0.3, 0.4) is 0 Å². The molecular weight excluding hydrogens is 701 g/mol. The topological polar surface area (TPSA) is 6.48 Å².